The molecule has 1 aliphatic carbocycles. The molecule has 3 amide bonds. The van der Waals surface area contributed by atoms with Gasteiger partial charge in [-0.3, -0.25) is 24.1 Å². The highest BCUT2D eigenvalue weighted by molar-refractivity contribution is 6.39. The standard InChI is InChI=1S/C75H114N10O15/c1-49-17-13-12-14-18-52(4)63(94-9)43-59-23-21-56(8)75(93,100-59)69(89)70(90)85-27-16-15-19-60(85)71(91)98-61(24-20-50(2)40-55(7)67(88)68(96-11)66(87)54(6)39-49)53(5)41-57-22-25-62(64(42-57)95-10)99-74(92)80-48-58-46-78-73(79-47-58)84-34-32-82(33-35-84)65(86)26-37-97-38-36-81-28-30-83(31-29-81)72-76-44-51(3)45-77-72/h12-14,17-18,40,44-47,49-50,53-54,56-57,59-64,67-68,88,93H,15-16,19-39,41-43,48H2,1-11H3,(H,80,92)/b14-12+,17-13+,52-18+,55-40+/t49-,50+,53-,54-,56-,57+,59+,60+,61+,62-,63+,64-,67-,68+,75-/m1/s1. The zero-order valence-corrected chi connectivity index (χ0v) is 61.2. The number of amides is 3. The summed E-state index contributed by atoms with van der Waals surface area (Å²) in [5, 5.41) is 26.7. The summed E-state index contributed by atoms with van der Waals surface area (Å²) < 4.78 is 42.3. The lowest BCUT2D eigenvalue weighted by Gasteiger charge is -2.42. The van der Waals surface area contributed by atoms with Gasteiger partial charge in [-0.1, -0.05) is 71.1 Å². The molecule has 8 rings (SSSR count). The molecule has 3 N–H and O–H groups in total. The second-order valence-electron chi connectivity index (χ2n) is 28.9. The van der Waals surface area contributed by atoms with E-state index < -0.39 is 90.1 Å². The van der Waals surface area contributed by atoms with Crippen LogP contribution in [0.4, 0.5) is 16.7 Å². The quantitative estimate of drug-likeness (QED) is 0.0591. The van der Waals surface area contributed by atoms with Crippen LogP contribution in [0, 0.1) is 42.4 Å². The molecular formula is C75H114N10O15. The summed E-state index contributed by atoms with van der Waals surface area (Å²) >= 11 is 0. The Morgan fingerprint density at radius 1 is 0.720 bits per heavy atom. The predicted octanol–water partition coefficient (Wildman–Crippen LogP) is 7.70. The van der Waals surface area contributed by atoms with Crippen LogP contribution in [0.15, 0.2) is 72.4 Å². The highest BCUT2D eigenvalue weighted by Crippen LogP contribution is 2.39. The Labute approximate surface area is 592 Å². The molecule has 5 fully saturated rings. The molecule has 0 unspecified atom stereocenters. The maximum absolute atomic E-state index is 14.8. The lowest BCUT2D eigenvalue weighted by molar-refractivity contribution is -0.265. The number of alkyl carbamates (subject to hydrolysis) is 1. The van der Waals surface area contributed by atoms with Crippen molar-refractivity contribution in [3.63, 3.8) is 0 Å². The third-order valence-corrected chi connectivity index (χ3v) is 21.2. The number of piperidine rings is 1. The number of aromatic nitrogens is 4. The van der Waals surface area contributed by atoms with E-state index in [4.69, 9.17) is 33.2 Å². The van der Waals surface area contributed by atoms with E-state index in [9.17, 15) is 39.0 Å². The highest BCUT2D eigenvalue weighted by Gasteiger charge is 2.53. The van der Waals surface area contributed by atoms with Gasteiger partial charge in [0.15, 0.2) is 5.78 Å². The largest absolute Gasteiger partial charge is 0.461 e. The number of carbonyl (C=O) groups is 6. The summed E-state index contributed by atoms with van der Waals surface area (Å²) in [5.74, 6) is -5.34. The minimum atomic E-state index is -2.43. The van der Waals surface area contributed by atoms with E-state index in [2.05, 4.69) is 35.1 Å². The Balaban J connectivity index is 0.839. The van der Waals surface area contributed by atoms with Gasteiger partial charge in [0.05, 0.1) is 37.9 Å². The van der Waals surface area contributed by atoms with Gasteiger partial charge in [0.25, 0.3) is 11.7 Å². The van der Waals surface area contributed by atoms with Crippen LogP contribution >= 0.6 is 0 Å². The average Bonchev–Trinajstić information content (AvgIpc) is 0.786. The van der Waals surface area contributed by atoms with Crippen LogP contribution in [-0.4, -0.2) is 235 Å². The van der Waals surface area contributed by atoms with Gasteiger partial charge >= 0.3 is 12.1 Å². The second kappa shape index (κ2) is 38.6. The fourth-order valence-corrected chi connectivity index (χ4v) is 14.9. The smallest absolute Gasteiger partial charge is 0.407 e. The molecular weight excluding hydrogens is 1280 g/mol. The summed E-state index contributed by atoms with van der Waals surface area (Å²) in [7, 11) is 4.62. The number of fused-ring (bicyclic) bond motifs is 3. The number of esters is 1. The van der Waals surface area contributed by atoms with Crippen LogP contribution in [0.3, 0.4) is 0 Å². The Bertz CT molecular complexity index is 3100. The number of aryl methyl sites for hydroxylation is 1. The molecule has 6 aliphatic rings. The molecule has 4 saturated heterocycles. The van der Waals surface area contributed by atoms with Crippen LogP contribution in [0.25, 0.3) is 0 Å². The number of cyclic esters (lactones) is 1. The lowest BCUT2D eigenvalue weighted by Crippen LogP contribution is -2.61. The number of allylic oxidation sites excluding steroid dienone is 6. The van der Waals surface area contributed by atoms with Gasteiger partial charge in [-0.2, -0.15) is 0 Å². The van der Waals surface area contributed by atoms with Crippen LogP contribution in [0.5, 0.6) is 0 Å². The van der Waals surface area contributed by atoms with Gasteiger partial charge < -0.3 is 68.3 Å². The first-order valence-electron chi connectivity index (χ1n) is 36.6. The second-order valence-corrected chi connectivity index (χ2v) is 28.9. The minimum Gasteiger partial charge on any atom is -0.461 e. The molecule has 25 heteroatoms. The summed E-state index contributed by atoms with van der Waals surface area (Å²) in [5.41, 5.74) is 3.19. The van der Waals surface area contributed by atoms with E-state index in [1.807, 2.05) is 100 Å². The number of methoxy groups -OCH3 is 3. The van der Waals surface area contributed by atoms with Gasteiger partial charge in [0.1, 0.15) is 30.5 Å². The monoisotopic (exact) mass is 1390 g/mol. The number of ketones is 2. The molecule has 2 aromatic rings. The van der Waals surface area contributed by atoms with E-state index in [-0.39, 0.29) is 54.9 Å². The van der Waals surface area contributed by atoms with Gasteiger partial charge in [-0.15, -0.1) is 0 Å². The SMILES string of the molecule is CO[C@H]1C[C@@H]2CC[C@@H](C)[C@@](O)(O2)C(=O)C(=O)N2CCCC[C@H]2C(=O)O[C@H]([C@H](C)C[C@@H]2CC[C@@H](OC(=O)NCc3cnc(N4CCN(C(=O)CCOCCN5CCN(c6ncc(C)cn6)CC5)CC4)nc3)[C@H](OC)C2)CC[C@H](C)/C=C(\C)[C@@H](O)[C@@H](OC)C(=O)[C@H](C)C[C@H](C)/C=C/C=C/C=C/1C. The molecule has 1 saturated carbocycles. The fraction of sp³-hybridized carbons (Fsp3) is 0.707. The molecule has 2 bridgehead atoms. The van der Waals surface area contributed by atoms with Crippen molar-refractivity contribution in [2.24, 2.45) is 35.5 Å². The van der Waals surface area contributed by atoms with Crippen molar-refractivity contribution in [2.45, 2.75) is 206 Å². The zero-order chi connectivity index (χ0) is 72.0. The zero-order valence-electron chi connectivity index (χ0n) is 61.2. The van der Waals surface area contributed by atoms with E-state index >= 15 is 0 Å². The Hall–Kier alpha value is -6.58. The van der Waals surface area contributed by atoms with Gasteiger partial charge in [-0.25, -0.2) is 29.5 Å². The molecule has 25 nitrogen and oxygen atoms in total. The maximum Gasteiger partial charge on any atom is 0.407 e. The predicted molar refractivity (Wildman–Crippen MR) is 378 cm³/mol. The average molecular weight is 1400 g/mol. The molecule has 554 valence electrons. The maximum atomic E-state index is 14.8. The van der Waals surface area contributed by atoms with Crippen LogP contribution in [-0.2, 0) is 63.7 Å². The number of carbonyl (C=O) groups excluding carboxylic acids is 6. The number of ether oxygens (including phenoxy) is 7. The number of Topliss-reactive ketones (excluding diaryl/α,β-unsaturated/α-hetero) is 2. The van der Waals surface area contributed by atoms with Crippen LogP contribution in [0.1, 0.15) is 149 Å². The Kier molecular flexibility index (Phi) is 30.6. The Morgan fingerprint density at radius 2 is 1.41 bits per heavy atom. The van der Waals surface area contributed by atoms with Gasteiger partial charge in [-0.05, 0) is 138 Å². The first kappa shape index (κ1) is 79.1. The molecule has 0 aromatic carbocycles. The van der Waals surface area contributed by atoms with E-state index in [0.29, 0.717) is 140 Å². The first-order chi connectivity index (χ1) is 48.0. The Morgan fingerprint density at radius 3 is 2.09 bits per heavy atom. The van der Waals surface area contributed by atoms with Crippen molar-refractivity contribution in [1.29, 1.82) is 0 Å². The number of nitrogens with one attached hydrogen (secondary N) is 1. The number of aliphatic hydroxyl groups is 2. The van der Waals surface area contributed by atoms with E-state index in [0.717, 1.165) is 49.8 Å². The summed E-state index contributed by atoms with van der Waals surface area (Å²) in [6, 6.07) is -1.09. The van der Waals surface area contributed by atoms with Crippen molar-refractivity contribution >= 4 is 47.3 Å². The van der Waals surface area contributed by atoms with Crippen molar-refractivity contribution in [3.05, 3.63) is 83.5 Å². The third-order valence-electron chi connectivity index (χ3n) is 21.2. The molecule has 15 atom stereocenters. The van der Waals surface area contributed by atoms with E-state index in [1.165, 1.54) is 12.0 Å². The third kappa shape index (κ3) is 22.2. The number of piperazine rings is 2. The number of aliphatic hydroxyl groups excluding tert-OH is 1. The number of nitrogens with zero attached hydrogens (tertiary/aromatic N) is 9. The molecule has 5 aliphatic heterocycles. The molecule has 100 heavy (non-hydrogen) atoms. The number of hydrogen-bond acceptors (Lipinski definition) is 22. The van der Waals surface area contributed by atoms with Crippen molar-refractivity contribution in [1.82, 2.24) is 40.0 Å². The first-order valence-corrected chi connectivity index (χ1v) is 36.6. The normalized spacial score (nSPS) is 32.3. The topological polar surface area (TPSA) is 287 Å². The summed E-state index contributed by atoms with van der Waals surface area (Å²) in [4.78, 5) is 112. The summed E-state index contributed by atoms with van der Waals surface area (Å²) in [6.45, 7) is 23.1. The van der Waals surface area contributed by atoms with Crippen molar-refractivity contribution in [2.75, 3.05) is 110 Å². The minimum absolute atomic E-state index is 0.0338. The van der Waals surface area contributed by atoms with Crippen molar-refractivity contribution < 1.29 is 72.1 Å². The number of hydrogen-bond donors (Lipinski definition) is 3. The molecule has 0 radical (unpaired) electrons. The number of anilines is 2. The lowest BCUT2D eigenvalue weighted by atomic mass is 9.78. The van der Waals surface area contributed by atoms with Crippen molar-refractivity contribution in [3.8, 4) is 0 Å². The molecule has 2 aromatic heterocycles. The van der Waals surface area contributed by atoms with Crippen LogP contribution in [0.2, 0.25) is 0 Å². The molecule has 0 spiro atoms. The summed E-state index contributed by atoms with van der Waals surface area (Å²) in [6.07, 6.45) is 20.0. The van der Waals surface area contributed by atoms with Crippen LogP contribution < -0.4 is 15.1 Å². The van der Waals surface area contributed by atoms with Gasteiger partial charge in [0.2, 0.25) is 23.6 Å². The van der Waals surface area contributed by atoms with E-state index in [1.54, 1.807) is 40.5 Å². The fourth-order valence-electron chi connectivity index (χ4n) is 14.9. The van der Waals surface area contributed by atoms with Gasteiger partial charge in [0, 0.05) is 142 Å². The highest BCUT2D eigenvalue weighted by atomic mass is 16.6. The molecule has 7 heterocycles. The number of rotatable bonds is 17.